The predicted molar refractivity (Wildman–Crippen MR) is 138 cm³/mol. The number of ether oxygens (including phenoxy) is 1. The molecule has 12 nitrogen and oxygen atoms in total. The quantitative estimate of drug-likeness (QED) is 0.169. The number of carboxylic acid groups (broad SMARTS) is 1. The number of amides is 4. The summed E-state index contributed by atoms with van der Waals surface area (Å²) >= 11 is 0. The summed E-state index contributed by atoms with van der Waals surface area (Å²) in [4.78, 5) is 70.7. The Morgan fingerprint density at radius 2 is 1.63 bits per heavy atom. The highest BCUT2D eigenvalue weighted by Gasteiger charge is 2.38. The zero-order valence-electron chi connectivity index (χ0n) is 22.7. The summed E-state index contributed by atoms with van der Waals surface area (Å²) in [6, 6.07) is 5.81. The number of rotatable bonds is 11. The second-order valence-corrected chi connectivity index (χ2v) is 9.70. The highest BCUT2D eigenvalue weighted by molar-refractivity contribution is 6.12. The average molecular weight is 587 g/mol. The topological polar surface area (TPSA) is 185 Å². The number of nitrogens with two attached hydrogens (primary N) is 1. The number of halogens is 3. The van der Waals surface area contributed by atoms with Crippen LogP contribution in [0.2, 0.25) is 0 Å². The van der Waals surface area contributed by atoms with E-state index in [2.05, 4.69) is 10.6 Å². The number of unbranched alkanes of at least 4 members (excludes halogenated alkanes) is 1. The maximum Gasteiger partial charge on any atom is 0.490 e. The van der Waals surface area contributed by atoms with Gasteiger partial charge in [-0.2, -0.15) is 13.2 Å². The second-order valence-electron chi connectivity index (χ2n) is 9.70. The Kier molecular flexibility index (Phi) is 13.1. The number of hydrogen-bond acceptors (Lipinski definition) is 8. The van der Waals surface area contributed by atoms with E-state index in [0.29, 0.717) is 18.4 Å². The molecule has 4 amide bonds. The van der Waals surface area contributed by atoms with E-state index in [4.69, 9.17) is 20.4 Å². The maximum absolute atomic E-state index is 12.6. The summed E-state index contributed by atoms with van der Waals surface area (Å²) in [6.07, 6.45) is -1.49. The summed E-state index contributed by atoms with van der Waals surface area (Å²) in [6.45, 7) is 5.34. The van der Waals surface area contributed by atoms with Gasteiger partial charge in [-0.3, -0.25) is 24.1 Å². The number of aliphatic carboxylic acids is 1. The number of carboxylic acids is 1. The summed E-state index contributed by atoms with van der Waals surface area (Å²) < 4.78 is 37.1. The van der Waals surface area contributed by atoms with Gasteiger partial charge in [-0.25, -0.2) is 9.59 Å². The number of esters is 1. The summed E-state index contributed by atoms with van der Waals surface area (Å²) in [5.41, 5.74) is 6.00. The Hall–Kier alpha value is -4.27. The molecule has 0 spiro atoms. The molecule has 0 bridgehead atoms. The van der Waals surface area contributed by atoms with Crippen molar-refractivity contribution in [3.8, 4) is 0 Å². The smallest absolute Gasteiger partial charge is 0.475 e. The van der Waals surface area contributed by atoms with Crippen molar-refractivity contribution in [3.63, 3.8) is 0 Å². The third kappa shape index (κ3) is 13.1. The fourth-order valence-corrected chi connectivity index (χ4v) is 3.24. The highest BCUT2D eigenvalue weighted by Crippen LogP contribution is 2.14. The average Bonchev–Trinajstić information content (AvgIpc) is 3.19. The van der Waals surface area contributed by atoms with E-state index in [1.165, 1.54) is 12.2 Å². The number of alkyl halides is 3. The van der Waals surface area contributed by atoms with Crippen LogP contribution in [-0.2, 0) is 35.3 Å². The SMILES string of the molecule is CC(C)(C)OC(=O)[C@H](CCCCN1C(=O)C=CC1=O)NC(=O)CNC(=O)c1cccc(CN)c1.O=C(O)C(F)(F)F. The molecule has 0 radical (unpaired) electrons. The summed E-state index contributed by atoms with van der Waals surface area (Å²) in [7, 11) is 0. The highest BCUT2D eigenvalue weighted by atomic mass is 19.4. The first-order chi connectivity index (χ1) is 18.9. The van der Waals surface area contributed by atoms with Crippen LogP contribution in [0.5, 0.6) is 0 Å². The van der Waals surface area contributed by atoms with E-state index in [9.17, 15) is 37.1 Å². The molecule has 1 aliphatic heterocycles. The molecular formula is C26H33F3N4O8. The van der Waals surface area contributed by atoms with Gasteiger partial charge in [0.1, 0.15) is 11.6 Å². The number of carbonyl (C=O) groups excluding carboxylic acids is 5. The van der Waals surface area contributed by atoms with Gasteiger partial charge >= 0.3 is 18.1 Å². The minimum Gasteiger partial charge on any atom is -0.475 e. The fourth-order valence-electron chi connectivity index (χ4n) is 3.24. The number of hydrogen-bond donors (Lipinski definition) is 4. The van der Waals surface area contributed by atoms with Crippen LogP contribution in [0, 0.1) is 0 Å². The Balaban J connectivity index is 0.00000106. The predicted octanol–water partition coefficient (Wildman–Crippen LogP) is 1.43. The molecule has 5 N–H and O–H groups in total. The van der Waals surface area contributed by atoms with E-state index in [1.54, 1.807) is 45.0 Å². The van der Waals surface area contributed by atoms with Gasteiger partial charge in [-0.15, -0.1) is 0 Å². The molecule has 1 aromatic rings. The van der Waals surface area contributed by atoms with E-state index >= 15 is 0 Å². The van der Waals surface area contributed by atoms with Gasteiger partial charge in [0, 0.05) is 30.8 Å². The standard InChI is InChI=1S/C24H32N4O6.C2HF3O2/c1-24(2,3)34-23(33)18(9-4-5-12-28-20(30)10-11-21(28)31)27-19(29)15-26-22(32)17-8-6-7-16(13-17)14-25;3-2(4,5)1(6)7/h6-8,10-11,13,18H,4-5,9,12,14-15,25H2,1-3H3,(H,26,32)(H,27,29);(H,6,7)/t18-;/m0./s1. The first-order valence-corrected chi connectivity index (χ1v) is 12.4. The Bertz CT molecular complexity index is 1140. The molecule has 0 saturated carbocycles. The maximum atomic E-state index is 12.6. The number of nitrogens with zero attached hydrogens (tertiary/aromatic N) is 1. The van der Waals surface area contributed by atoms with Gasteiger partial charge in [0.15, 0.2) is 0 Å². The normalized spacial score (nSPS) is 13.7. The molecule has 0 saturated heterocycles. The van der Waals surface area contributed by atoms with E-state index in [-0.39, 0.29) is 37.9 Å². The second kappa shape index (κ2) is 15.5. The Labute approximate surface area is 234 Å². The minimum absolute atomic E-state index is 0.220. The van der Waals surface area contributed by atoms with Crippen molar-refractivity contribution in [1.29, 1.82) is 0 Å². The summed E-state index contributed by atoms with van der Waals surface area (Å²) in [5.74, 6) is -5.07. The molecule has 41 heavy (non-hydrogen) atoms. The van der Waals surface area contributed by atoms with Crippen LogP contribution in [0.4, 0.5) is 13.2 Å². The molecule has 15 heteroatoms. The Morgan fingerprint density at radius 1 is 1.05 bits per heavy atom. The van der Waals surface area contributed by atoms with Gasteiger partial charge in [0.25, 0.3) is 17.7 Å². The molecule has 0 fully saturated rings. The zero-order chi connectivity index (χ0) is 31.4. The largest absolute Gasteiger partial charge is 0.490 e. The zero-order valence-corrected chi connectivity index (χ0v) is 22.7. The van der Waals surface area contributed by atoms with Crippen LogP contribution >= 0.6 is 0 Å². The van der Waals surface area contributed by atoms with Crippen molar-refractivity contribution >= 4 is 35.6 Å². The lowest BCUT2D eigenvalue weighted by Gasteiger charge is -2.25. The lowest BCUT2D eigenvalue weighted by molar-refractivity contribution is -0.192. The van der Waals surface area contributed by atoms with Crippen molar-refractivity contribution in [2.45, 2.75) is 64.4 Å². The van der Waals surface area contributed by atoms with Gasteiger partial charge in [-0.05, 0) is 57.7 Å². The molecular weight excluding hydrogens is 553 g/mol. The number of benzene rings is 1. The first kappa shape index (κ1) is 34.8. The number of nitrogens with one attached hydrogen (secondary N) is 2. The third-order valence-electron chi connectivity index (χ3n) is 5.13. The van der Waals surface area contributed by atoms with Gasteiger partial charge < -0.3 is 26.2 Å². The lowest BCUT2D eigenvalue weighted by Crippen LogP contribution is -2.47. The fraction of sp³-hybridized carbons (Fsp3) is 0.462. The minimum atomic E-state index is -5.08. The molecule has 1 aromatic carbocycles. The van der Waals surface area contributed by atoms with Crippen molar-refractivity contribution < 1.29 is 51.8 Å². The molecule has 1 heterocycles. The molecule has 1 aliphatic rings. The molecule has 1 atom stereocenters. The molecule has 226 valence electrons. The first-order valence-electron chi connectivity index (χ1n) is 12.4. The van der Waals surface area contributed by atoms with Crippen molar-refractivity contribution in [2.24, 2.45) is 5.73 Å². The number of carbonyl (C=O) groups is 6. The van der Waals surface area contributed by atoms with Crippen LogP contribution in [0.15, 0.2) is 36.4 Å². The van der Waals surface area contributed by atoms with Crippen LogP contribution < -0.4 is 16.4 Å². The Morgan fingerprint density at radius 3 is 2.15 bits per heavy atom. The molecule has 0 aliphatic carbocycles. The van der Waals surface area contributed by atoms with E-state index in [1.807, 2.05) is 0 Å². The van der Waals surface area contributed by atoms with E-state index < -0.39 is 41.6 Å². The molecule has 0 unspecified atom stereocenters. The lowest BCUT2D eigenvalue weighted by atomic mass is 10.1. The van der Waals surface area contributed by atoms with Gasteiger partial charge in [0.05, 0.1) is 6.54 Å². The van der Waals surface area contributed by atoms with Crippen molar-refractivity contribution in [2.75, 3.05) is 13.1 Å². The van der Waals surface area contributed by atoms with Gasteiger partial charge in [0.2, 0.25) is 5.91 Å². The molecule has 0 aromatic heterocycles. The monoisotopic (exact) mass is 586 g/mol. The van der Waals surface area contributed by atoms with Gasteiger partial charge in [-0.1, -0.05) is 12.1 Å². The van der Waals surface area contributed by atoms with Crippen molar-refractivity contribution in [1.82, 2.24) is 15.5 Å². The third-order valence-corrected chi connectivity index (χ3v) is 5.13. The van der Waals surface area contributed by atoms with E-state index in [0.717, 1.165) is 10.5 Å². The van der Waals surface area contributed by atoms with Crippen LogP contribution in [-0.4, -0.2) is 76.5 Å². The van der Waals surface area contributed by atoms with Crippen LogP contribution in [0.1, 0.15) is 56.0 Å². The molecule has 2 rings (SSSR count). The van der Waals surface area contributed by atoms with Crippen LogP contribution in [0.25, 0.3) is 0 Å². The number of imide groups is 1. The summed E-state index contributed by atoms with van der Waals surface area (Å²) in [5, 5.41) is 12.3. The van der Waals surface area contributed by atoms with Crippen LogP contribution in [0.3, 0.4) is 0 Å². The van der Waals surface area contributed by atoms with Crippen molar-refractivity contribution in [3.05, 3.63) is 47.5 Å².